The number of nitrogens with two attached hydrogens (primary N) is 2. The van der Waals surface area contributed by atoms with Gasteiger partial charge < -0.3 is 0 Å². The summed E-state index contributed by atoms with van der Waals surface area (Å²) < 4.78 is 0.0573. The maximum absolute atomic E-state index is 5.78. The van der Waals surface area contributed by atoms with Gasteiger partial charge in [-0.15, -0.1) is 0 Å². The molecule has 44 valence electrons. The molecule has 1 atom stereocenters. The van der Waals surface area contributed by atoms with Gasteiger partial charge in [0, 0.05) is 0 Å². The summed E-state index contributed by atoms with van der Waals surface area (Å²) in [6.07, 6.45) is 2.26. The Morgan fingerprint density at radius 1 is 1.62 bits per heavy atom. The standard InChI is InChI=1S/C5H13N2.K/c1-2-3-5(7)4-6;/h2-4,6-7H2,1H3;. The normalized spacial score (nSPS) is 18.1. The van der Waals surface area contributed by atoms with Crippen LogP contribution in [0.25, 0.3) is 0 Å². The molecule has 0 aromatic carbocycles. The van der Waals surface area contributed by atoms with Crippen LogP contribution in [0.3, 0.4) is 0 Å². The van der Waals surface area contributed by atoms with Crippen molar-refractivity contribution < 1.29 is 0 Å². The molecule has 0 amide bonds. The van der Waals surface area contributed by atoms with Crippen LogP contribution in [0.1, 0.15) is 19.8 Å². The molecule has 0 heterocycles. The Labute approximate surface area is 85.0 Å². The van der Waals surface area contributed by atoms with E-state index in [9.17, 15) is 0 Å². The summed E-state index contributed by atoms with van der Waals surface area (Å²) in [5.41, 5.74) is 11.2. The van der Waals surface area contributed by atoms with Crippen molar-refractivity contribution in [2.75, 3.05) is 6.54 Å². The van der Waals surface area contributed by atoms with Crippen LogP contribution in [0, 0.1) is 0 Å². The molecule has 0 aliphatic carbocycles. The van der Waals surface area contributed by atoms with Gasteiger partial charge in [-0.25, -0.2) is 0 Å². The van der Waals surface area contributed by atoms with Crippen LogP contribution in [0.5, 0.6) is 0 Å². The summed E-state index contributed by atoms with van der Waals surface area (Å²) in [5, 5.41) is 0. The quantitative estimate of drug-likeness (QED) is 0.523. The van der Waals surface area contributed by atoms with Crippen LogP contribution in [-0.2, 0) is 0 Å². The van der Waals surface area contributed by atoms with Crippen molar-refractivity contribution in [3.8, 4) is 0 Å². The molecular formula is C5H13KN2. The molecule has 0 bridgehead atoms. The van der Waals surface area contributed by atoms with Gasteiger partial charge in [0.1, 0.15) is 0 Å². The number of hydrogen-bond acceptors (Lipinski definition) is 2. The van der Waals surface area contributed by atoms with Crippen LogP contribution in [-0.4, -0.2) is 55.1 Å². The van der Waals surface area contributed by atoms with Gasteiger partial charge in [0.05, 0.1) is 0 Å². The third-order valence-corrected chi connectivity index (χ3v) is 2.71. The Hall–Kier alpha value is 1.56. The van der Waals surface area contributed by atoms with Crippen molar-refractivity contribution in [2.45, 2.75) is 19.4 Å². The zero-order valence-corrected chi connectivity index (χ0v) is 8.90. The molecule has 0 aromatic rings. The van der Waals surface area contributed by atoms with Crippen molar-refractivity contribution >= 4 is 49.0 Å². The molecule has 0 radical (unpaired) electrons. The van der Waals surface area contributed by atoms with E-state index in [2.05, 4.69) is 6.92 Å². The first-order valence-corrected chi connectivity index (χ1v) is 4.67. The van der Waals surface area contributed by atoms with Crippen LogP contribution in [0.4, 0.5) is 0 Å². The molecule has 0 saturated heterocycles. The van der Waals surface area contributed by atoms with E-state index in [-0.39, 0.29) is -0.367 Å². The monoisotopic (exact) mass is 140 g/mol. The molecule has 1 unspecified atom stereocenters. The summed E-state index contributed by atoms with van der Waals surface area (Å²) in [6.45, 7) is 2.81. The van der Waals surface area contributed by atoms with E-state index >= 15 is 0 Å². The third kappa shape index (κ3) is 4.44. The zero-order valence-electron chi connectivity index (χ0n) is 5.78. The molecular weight excluding hydrogens is 127 g/mol. The molecule has 2 nitrogen and oxygen atoms in total. The van der Waals surface area contributed by atoms with E-state index in [0.717, 1.165) is 12.8 Å². The molecule has 8 heavy (non-hydrogen) atoms. The maximum atomic E-state index is 5.78. The van der Waals surface area contributed by atoms with E-state index < -0.39 is 0 Å². The second-order valence-corrected chi connectivity index (χ2v) is 5.72. The van der Waals surface area contributed by atoms with Crippen molar-refractivity contribution in [1.82, 2.24) is 0 Å². The van der Waals surface area contributed by atoms with Crippen molar-refractivity contribution in [3.63, 3.8) is 0 Å². The Bertz CT molecular complexity index is 63.4. The van der Waals surface area contributed by atoms with Crippen molar-refractivity contribution in [2.24, 2.45) is 11.5 Å². The average Bonchev–Trinajstić information content (AvgIpc) is 1.67. The van der Waals surface area contributed by atoms with Crippen molar-refractivity contribution in [1.29, 1.82) is 0 Å². The Morgan fingerprint density at radius 2 is 2.12 bits per heavy atom. The topological polar surface area (TPSA) is 52.0 Å². The van der Waals surface area contributed by atoms with E-state index in [0.29, 0.717) is 55.5 Å². The fraction of sp³-hybridized carbons (Fsp3) is 1.00. The van der Waals surface area contributed by atoms with Gasteiger partial charge in [-0.2, -0.15) is 0 Å². The summed E-state index contributed by atoms with van der Waals surface area (Å²) >= 11 is 0.671. The molecule has 0 aromatic heterocycles. The summed E-state index contributed by atoms with van der Waals surface area (Å²) in [5.74, 6) is 0. The predicted molar refractivity (Wildman–Crippen MR) is 36.6 cm³/mol. The predicted octanol–water partition coefficient (Wildman–Crippen LogP) is -0.431. The second kappa shape index (κ2) is 4.38. The molecule has 0 fully saturated rings. The minimum atomic E-state index is 0.0573. The molecule has 0 rings (SSSR count). The van der Waals surface area contributed by atoms with E-state index in [4.69, 9.17) is 11.5 Å². The number of hydrogen-bond donors (Lipinski definition) is 2. The van der Waals surface area contributed by atoms with Gasteiger partial charge in [0.15, 0.2) is 0 Å². The Kier molecular flexibility index (Phi) is 5.24. The summed E-state index contributed by atoms with van der Waals surface area (Å²) in [6, 6.07) is 0. The first-order chi connectivity index (χ1) is 3.62. The summed E-state index contributed by atoms with van der Waals surface area (Å²) in [4.78, 5) is 0. The van der Waals surface area contributed by atoms with E-state index in [1.165, 1.54) is 0 Å². The van der Waals surface area contributed by atoms with Crippen LogP contribution in [0.15, 0.2) is 0 Å². The molecule has 0 aliphatic heterocycles. The van der Waals surface area contributed by atoms with Gasteiger partial charge in [0.25, 0.3) is 0 Å². The molecule has 0 saturated carbocycles. The first kappa shape index (κ1) is 9.56. The van der Waals surface area contributed by atoms with Gasteiger partial charge in [-0.3, -0.25) is 0 Å². The molecule has 0 spiro atoms. The fourth-order valence-corrected chi connectivity index (χ4v) is 1.45. The average molecular weight is 140 g/mol. The van der Waals surface area contributed by atoms with Crippen molar-refractivity contribution in [3.05, 3.63) is 0 Å². The fourth-order valence-electron chi connectivity index (χ4n) is 0.673. The third-order valence-electron chi connectivity index (χ3n) is 1.29. The Balaban J connectivity index is 3.37. The summed E-state index contributed by atoms with van der Waals surface area (Å²) in [7, 11) is 0. The minimum absolute atomic E-state index is 0.0573. The SMILES string of the molecule is CCC[C](N)([K])CN. The first-order valence-electron chi connectivity index (χ1n) is 3.11. The zero-order chi connectivity index (χ0) is 6.62. The van der Waals surface area contributed by atoms with Gasteiger partial charge in [0.2, 0.25) is 0 Å². The molecule has 4 N–H and O–H groups in total. The Morgan fingerprint density at radius 3 is 2.25 bits per heavy atom. The van der Waals surface area contributed by atoms with Crippen LogP contribution < -0.4 is 11.5 Å². The van der Waals surface area contributed by atoms with Gasteiger partial charge in [-0.1, -0.05) is 0 Å². The number of rotatable bonds is 3. The molecule has 0 aliphatic rings. The molecule has 3 heteroatoms. The van der Waals surface area contributed by atoms with E-state index in [1.54, 1.807) is 0 Å². The second-order valence-electron chi connectivity index (χ2n) is 2.61. The van der Waals surface area contributed by atoms with Gasteiger partial charge in [-0.05, 0) is 0 Å². The van der Waals surface area contributed by atoms with Crippen LogP contribution in [0.2, 0.25) is 0 Å². The van der Waals surface area contributed by atoms with E-state index in [1.807, 2.05) is 0 Å². The van der Waals surface area contributed by atoms with Crippen LogP contribution >= 0.6 is 0 Å². The van der Waals surface area contributed by atoms with Gasteiger partial charge >= 0.3 is 86.4 Å².